The van der Waals surface area contributed by atoms with E-state index in [4.69, 9.17) is 9.98 Å². The third kappa shape index (κ3) is 6.26. The molecule has 0 bridgehead atoms. The molecule has 3 aliphatic rings. The van der Waals surface area contributed by atoms with E-state index >= 15 is 0 Å². The van der Waals surface area contributed by atoms with E-state index in [2.05, 4.69) is 64.2 Å². The van der Waals surface area contributed by atoms with Crippen LogP contribution in [0.15, 0.2) is 64.6 Å². The minimum Gasteiger partial charge on any atom is -0.342 e. The van der Waals surface area contributed by atoms with E-state index in [1.807, 2.05) is 37.4 Å². The van der Waals surface area contributed by atoms with E-state index in [0.717, 1.165) is 68.2 Å². The van der Waals surface area contributed by atoms with Crippen LogP contribution in [0.25, 0.3) is 0 Å². The molecule has 5 rings (SSSR count). The number of hydrogen-bond acceptors (Lipinski definition) is 7. The summed E-state index contributed by atoms with van der Waals surface area (Å²) in [6.07, 6.45) is 3.66. The minimum atomic E-state index is -0.0999. The van der Waals surface area contributed by atoms with Crippen LogP contribution >= 0.6 is 0 Å². The molecule has 0 saturated carbocycles. The van der Waals surface area contributed by atoms with Gasteiger partial charge in [0.2, 0.25) is 5.96 Å². The van der Waals surface area contributed by atoms with Crippen LogP contribution in [-0.4, -0.2) is 61.1 Å². The monoisotopic (exact) mass is 475 g/mol. The number of para-hydroxylation sites is 1. The molecule has 2 aromatic rings. The summed E-state index contributed by atoms with van der Waals surface area (Å²) in [5.41, 5.74) is 9.84. The van der Waals surface area contributed by atoms with Crippen LogP contribution in [0, 0.1) is 5.92 Å². The van der Waals surface area contributed by atoms with Gasteiger partial charge in [-0.25, -0.2) is 15.4 Å². The van der Waals surface area contributed by atoms with Crippen molar-refractivity contribution in [2.24, 2.45) is 15.9 Å². The van der Waals surface area contributed by atoms with Crippen molar-refractivity contribution in [2.75, 3.05) is 27.2 Å². The molecule has 2 atom stereocenters. The maximum Gasteiger partial charge on any atom is 0.203 e. The van der Waals surface area contributed by atoms with Gasteiger partial charge in [0, 0.05) is 50.6 Å². The highest BCUT2D eigenvalue weighted by Gasteiger charge is 2.32. The van der Waals surface area contributed by atoms with Crippen molar-refractivity contribution in [3.8, 4) is 0 Å². The second-order valence-corrected chi connectivity index (χ2v) is 9.38. The Kier molecular flexibility index (Phi) is 8.50. The van der Waals surface area contributed by atoms with Gasteiger partial charge < -0.3 is 25.3 Å². The Morgan fingerprint density at radius 3 is 2.49 bits per heavy atom. The Morgan fingerprint density at radius 2 is 1.83 bits per heavy atom. The summed E-state index contributed by atoms with van der Waals surface area (Å²) >= 11 is 0. The van der Waals surface area contributed by atoms with Crippen molar-refractivity contribution in [2.45, 2.75) is 44.9 Å². The first kappa shape index (κ1) is 24.9. The number of benzene rings is 2. The van der Waals surface area contributed by atoms with E-state index in [-0.39, 0.29) is 12.1 Å². The van der Waals surface area contributed by atoms with Gasteiger partial charge in [-0.2, -0.15) is 0 Å². The van der Waals surface area contributed by atoms with Crippen molar-refractivity contribution < 1.29 is 4.79 Å². The molecular formula is C27H37N7O. The number of rotatable bonds is 4. The lowest BCUT2D eigenvalue weighted by Crippen LogP contribution is -2.48. The number of nitrogens with zero attached hydrogens (tertiary/aromatic N) is 4. The highest BCUT2D eigenvalue weighted by Crippen LogP contribution is 2.36. The van der Waals surface area contributed by atoms with Gasteiger partial charge in [-0.1, -0.05) is 48.5 Å². The van der Waals surface area contributed by atoms with Gasteiger partial charge >= 0.3 is 0 Å². The van der Waals surface area contributed by atoms with Crippen molar-refractivity contribution in [3.05, 3.63) is 65.7 Å². The zero-order valence-electron chi connectivity index (χ0n) is 20.9. The lowest BCUT2D eigenvalue weighted by Gasteiger charge is -2.41. The van der Waals surface area contributed by atoms with Gasteiger partial charge in [0.25, 0.3) is 0 Å². The molecule has 0 aliphatic carbocycles. The Bertz CT molecular complexity index is 1030. The van der Waals surface area contributed by atoms with Gasteiger partial charge in [0.15, 0.2) is 6.17 Å². The standard InChI is InChI=1S/C19H26N6O.C8H11N/c1-13-11-17(23-22-13)21-18-15-5-3-4-6-16(15)20-19(24(18)2)25-9-7-14(12-26)8-10-25;1-9-7-8-5-3-2-4-6-8/h3-6,12-14,18,22H,7-11H2,1-2H3,(H,21,23);2-6,9H,7H2,1H3. The number of amidine groups is 1. The fourth-order valence-corrected chi connectivity index (χ4v) is 4.63. The zero-order chi connectivity index (χ0) is 24.6. The number of piperidine rings is 1. The lowest BCUT2D eigenvalue weighted by molar-refractivity contribution is -0.112. The number of nitrogens with one attached hydrogen (secondary N) is 3. The summed E-state index contributed by atoms with van der Waals surface area (Å²) in [5.74, 6) is 2.10. The van der Waals surface area contributed by atoms with Crippen LogP contribution in [0.3, 0.4) is 0 Å². The zero-order valence-corrected chi connectivity index (χ0v) is 20.9. The number of fused-ring (bicyclic) bond motifs is 1. The molecule has 0 aromatic heterocycles. The van der Waals surface area contributed by atoms with E-state index < -0.39 is 0 Å². The Morgan fingerprint density at radius 1 is 1.11 bits per heavy atom. The summed E-state index contributed by atoms with van der Waals surface area (Å²) in [6, 6.07) is 18.9. The second kappa shape index (κ2) is 12.0. The summed E-state index contributed by atoms with van der Waals surface area (Å²) in [6.45, 7) is 4.81. The normalized spacial score (nSPS) is 23.2. The number of aldehydes is 1. The molecule has 3 heterocycles. The topological polar surface area (TPSA) is 84.4 Å². The number of carbonyl (C=O) groups excluding carboxylic acids is 1. The predicted octanol–water partition coefficient (Wildman–Crippen LogP) is 3.22. The van der Waals surface area contributed by atoms with E-state index in [9.17, 15) is 4.79 Å². The van der Waals surface area contributed by atoms with Crippen molar-refractivity contribution >= 4 is 23.8 Å². The van der Waals surface area contributed by atoms with Crippen molar-refractivity contribution in [1.29, 1.82) is 0 Å². The third-order valence-corrected chi connectivity index (χ3v) is 6.60. The summed E-state index contributed by atoms with van der Waals surface area (Å²) in [7, 11) is 4.01. The molecule has 2 fully saturated rings. The molecule has 2 aromatic carbocycles. The maximum atomic E-state index is 11.1. The van der Waals surface area contributed by atoms with Crippen molar-refractivity contribution in [3.63, 3.8) is 0 Å². The summed E-state index contributed by atoms with van der Waals surface area (Å²) in [4.78, 5) is 25.4. The molecule has 8 nitrogen and oxygen atoms in total. The average molecular weight is 476 g/mol. The van der Waals surface area contributed by atoms with E-state index in [1.54, 1.807) is 0 Å². The third-order valence-electron chi connectivity index (χ3n) is 6.60. The highest BCUT2D eigenvalue weighted by molar-refractivity contribution is 5.88. The number of aliphatic imine (C=N–C) groups is 2. The van der Waals surface area contributed by atoms with E-state index in [0.29, 0.717) is 6.04 Å². The largest absolute Gasteiger partial charge is 0.342 e. The molecule has 3 N–H and O–H groups in total. The predicted molar refractivity (Wildman–Crippen MR) is 141 cm³/mol. The van der Waals surface area contributed by atoms with E-state index in [1.165, 1.54) is 5.56 Å². The molecule has 186 valence electrons. The van der Waals surface area contributed by atoms with Gasteiger partial charge in [-0.05, 0) is 38.4 Å². The quantitative estimate of drug-likeness (QED) is 0.589. The van der Waals surface area contributed by atoms with Crippen LogP contribution < -0.4 is 16.2 Å². The first-order chi connectivity index (χ1) is 17.1. The minimum absolute atomic E-state index is 0.0999. The molecule has 3 aliphatic heterocycles. The fraction of sp³-hybridized carbons (Fsp3) is 0.444. The first-order valence-electron chi connectivity index (χ1n) is 12.5. The van der Waals surface area contributed by atoms with Crippen LogP contribution in [-0.2, 0) is 11.3 Å². The number of carbonyl (C=O) groups is 1. The molecule has 35 heavy (non-hydrogen) atoms. The molecule has 8 heteroatoms. The fourth-order valence-electron chi connectivity index (χ4n) is 4.63. The SMILES string of the molecule is CC1C/C(=N\C2c3ccccc3N=C(N3CCC(C=O)CC3)N2C)NN1.CNCc1ccccc1. The molecule has 0 spiro atoms. The number of hydrazine groups is 1. The van der Waals surface area contributed by atoms with Gasteiger partial charge in [0.05, 0.1) is 5.69 Å². The van der Waals surface area contributed by atoms with Crippen LogP contribution in [0.1, 0.15) is 43.5 Å². The van der Waals surface area contributed by atoms with Crippen LogP contribution in [0.2, 0.25) is 0 Å². The average Bonchev–Trinajstić information content (AvgIpc) is 3.31. The first-order valence-corrected chi connectivity index (χ1v) is 12.5. The molecule has 0 amide bonds. The smallest absolute Gasteiger partial charge is 0.203 e. The summed E-state index contributed by atoms with van der Waals surface area (Å²) < 4.78 is 0. The molecule has 2 saturated heterocycles. The molecular weight excluding hydrogens is 438 g/mol. The van der Waals surface area contributed by atoms with Crippen molar-refractivity contribution in [1.82, 2.24) is 26.0 Å². The Labute approximate surface area is 208 Å². The summed E-state index contributed by atoms with van der Waals surface area (Å²) in [5, 5.41) is 3.08. The van der Waals surface area contributed by atoms with Gasteiger partial charge in [-0.3, -0.25) is 0 Å². The number of hydrogen-bond donors (Lipinski definition) is 3. The van der Waals surface area contributed by atoms with Gasteiger partial charge in [0.1, 0.15) is 12.1 Å². The lowest BCUT2D eigenvalue weighted by atomic mass is 9.98. The van der Waals surface area contributed by atoms with Crippen LogP contribution in [0.5, 0.6) is 0 Å². The number of guanidine groups is 1. The maximum absolute atomic E-state index is 11.1. The molecule has 2 unspecified atom stereocenters. The van der Waals surface area contributed by atoms with Crippen LogP contribution in [0.4, 0.5) is 5.69 Å². The molecule has 0 radical (unpaired) electrons. The Balaban J connectivity index is 0.000000271. The number of likely N-dealkylation sites (tertiary alicyclic amines) is 1. The highest BCUT2D eigenvalue weighted by atomic mass is 16.1. The van der Waals surface area contributed by atoms with Gasteiger partial charge in [-0.15, -0.1) is 0 Å². The second-order valence-electron chi connectivity index (χ2n) is 9.38. The Hall–Kier alpha value is -3.23.